The molecule has 1 heterocycles. The third-order valence-electron chi connectivity index (χ3n) is 4.80. The summed E-state index contributed by atoms with van der Waals surface area (Å²) in [5, 5.41) is 1.40. The number of sulfone groups is 1. The van der Waals surface area contributed by atoms with E-state index in [-0.39, 0.29) is 39.8 Å². The van der Waals surface area contributed by atoms with Crippen LogP contribution < -0.4 is 14.8 Å². The summed E-state index contributed by atoms with van der Waals surface area (Å²) >= 11 is 0. The Morgan fingerprint density at radius 2 is 1.77 bits per heavy atom. The topological polar surface area (TPSA) is 94.8 Å². The molecule has 0 spiro atoms. The van der Waals surface area contributed by atoms with Crippen LogP contribution in [0.15, 0.2) is 64.1 Å². The van der Waals surface area contributed by atoms with Gasteiger partial charge in [-0.15, -0.1) is 0 Å². The number of nitrogens with one attached hydrogen (secondary N) is 1. The smallest absolute Gasteiger partial charge is 0.258 e. The molecule has 0 radical (unpaired) electrons. The Morgan fingerprint density at radius 3 is 2.32 bits per heavy atom. The molecule has 164 valence electrons. The number of amides is 1. The van der Waals surface area contributed by atoms with Crippen LogP contribution in [-0.2, 0) is 9.84 Å². The molecule has 0 fully saturated rings. The minimum atomic E-state index is -4.01. The Hall–Kier alpha value is -3.33. The van der Waals surface area contributed by atoms with Crippen molar-refractivity contribution in [1.29, 1.82) is 0 Å². The molecule has 31 heavy (non-hydrogen) atoms. The summed E-state index contributed by atoms with van der Waals surface area (Å²) in [5.74, 6) is -0.373. The van der Waals surface area contributed by atoms with Crippen molar-refractivity contribution >= 4 is 15.7 Å². The molecule has 1 unspecified atom stereocenters. The highest BCUT2D eigenvalue weighted by Gasteiger charge is 2.33. The number of aryl methyl sites for hydroxylation is 1. The summed E-state index contributed by atoms with van der Waals surface area (Å²) in [7, 11) is -1.18. The molecule has 1 N–H and O–H groups in total. The second kappa shape index (κ2) is 9.22. The van der Waals surface area contributed by atoms with Crippen LogP contribution >= 0.6 is 0 Å². The zero-order valence-electron chi connectivity index (χ0n) is 17.2. The first-order valence-electron chi connectivity index (χ1n) is 9.32. The van der Waals surface area contributed by atoms with Crippen LogP contribution in [0.4, 0.5) is 4.39 Å². The van der Waals surface area contributed by atoms with Gasteiger partial charge in [-0.2, -0.15) is 0 Å². The van der Waals surface area contributed by atoms with Crippen LogP contribution in [0, 0.1) is 12.7 Å². The van der Waals surface area contributed by atoms with Gasteiger partial charge in [0.25, 0.3) is 5.91 Å². The maximum absolute atomic E-state index is 13.7. The third-order valence-corrected chi connectivity index (χ3v) is 6.86. The van der Waals surface area contributed by atoms with Crippen molar-refractivity contribution in [1.82, 2.24) is 5.32 Å². The molecule has 0 bridgehead atoms. The summed E-state index contributed by atoms with van der Waals surface area (Å²) in [5.41, 5.74) is 0.336. The summed E-state index contributed by atoms with van der Waals surface area (Å²) in [6, 6.07) is 11.5. The predicted octanol–water partition coefficient (Wildman–Crippen LogP) is 3.69. The number of carbonyl (C=O) groups is 1. The number of ether oxygens (including phenoxy) is 2. The summed E-state index contributed by atoms with van der Waals surface area (Å²) in [4.78, 5) is 12.8. The number of rotatable bonds is 8. The largest absolute Gasteiger partial charge is 0.496 e. The lowest BCUT2D eigenvalue weighted by molar-refractivity contribution is 0.0947. The minimum Gasteiger partial charge on any atom is -0.496 e. The Kier molecular flexibility index (Phi) is 6.65. The SMILES string of the molecule is COc1cccc(OC)c1C(=O)NCC(c1ccco1)S(=O)(=O)c1ccc(F)c(C)c1. The zero-order chi connectivity index (χ0) is 22.6. The second-order valence-corrected chi connectivity index (χ2v) is 8.84. The fourth-order valence-corrected chi connectivity index (χ4v) is 4.81. The van der Waals surface area contributed by atoms with E-state index in [2.05, 4.69) is 5.32 Å². The first-order valence-corrected chi connectivity index (χ1v) is 10.9. The molecule has 1 atom stereocenters. The lowest BCUT2D eigenvalue weighted by Gasteiger charge is -2.18. The van der Waals surface area contributed by atoms with Gasteiger partial charge in [-0.1, -0.05) is 6.07 Å². The van der Waals surface area contributed by atoms with Gasteiger partial charge in [-0.25, -0.2) is 12.8 Å². The molecular weight excluding hydrogens is 425 g/mol. The standard InChI is InChI=1S/C22H22FNO6S/c1-14-12-15(9-10-16(14)23)31(26,27)20(17-8-5-11-30-17)13-24-22(25)21-18(28-2)6-4-7-19(21)29-3/h4-12,20H,13H2,1-3H3,(H,24,25). The molecule has 0 aliphatic carbocycles. The van der Waals surface area contributed by atoms with Crippen molar-refractivity contribution in [2.24, 2.45) is 0 Å². The van der Waals surface area contributed by atoms with Crippen LogP contribution in [-0.4, -0.2) is 35.1 Å². The Labute approximate surface area is 179 Å². The highest BCUT2D eigenvalue weighted by atomic mass is 32.2. The molecule has 0 saturated carbocycles. The highest BCUT2D eigenvalue weighted by Crippen LogP contribution is 2.31. The van der Waals surface area contributed by atoms with Crippen LogP contribution in [0.3, 0.4) is 0 Å². The van der Waals surface area contributed by atoms with Gasteiger partial charge in [0.1, 0.15) is 33.9 Å². The zero-order valence-corrected chi connectivity index (χ0v) is 18.0. The van der Waals surface area contributed by atoms with Crippen molar-refractivity contribution in [2.45, 2.75) is 17.1 Å². The highest BCUT2D eigenvalue weighted by molar-refractivity contribution is 7.91. The maximum atomic E-state index is 13.7. The number of hydrogen-bond donors (Lipinski definition) is 1. The summed E-state index contributed by atoms with van der Waals surface area (Å²) in [6.07, 6.45) is 1.35. The fourth-order valence-electron chi connectivity index (χ4n) is 3.14. The lowest BCUT2D eigenvalue weighted by Crippen LogP contribution is -2.32. The molecule has 7 nitrogen and oxygen atoms in total. The number of hydrogen-bond acceptors (Lipinski definition) is 6. The number of benzene rings is 2. The molecule has 3 aromatic rings. The van der Waals surface area contributed by atoms with Crippen molar-refractivity contribution < 1.29 is 31.5 Å². The van der Waals surface area contributed by atoms with Gasteiger partial charge in [0, 0.05) is 6.54 Å². The normalized spacial score (nSPS) is 12.3. The monoisotopic (exact) mass is 447 g/mol. The Morgan fingerprint density at radius 1 is 1.10 bits per heavy atom. The van der Waals surface area contributed by atoms with E-state index >= 15 is 0 Å². The van der Waals surface area contributed by atoms with E-state index in [4.69, 9.17) is 13.9 Å². The summed E-state index contributed by atoms with van der Waals surface area (Å²) < 4.78 is 56.1. The molecule has 3 rings (SSSR count). The molecule has 2 aromatic carbocycles. The molecule has 1 aromatic heterocycles. The Bertz CT molecular complexity index is 1150. The van der Waals surface area contributed by atoms with Crippen LogP contribution in [0.25, 0.3) is 0 Å². The van der Waals surface area contributed by atoms with Crippen molar-refractivity contribution in [3.05, 3.63) is 77.5 Å². The number of halogens is 1. The molecule has 0 aliphatic heterocycles. The Balaban J connectivity index is 1.94. The van der Waals surface area contributed by atoms with Gasteiger partial charge >= 0.3 is 0 Å². The van der Waals surface area contributed by atoms with E-state index in [1.54, 1.807) is 24.3 Å². The van der Waals surface area contributed by atoms with E-state index in [0.717, 1.165) is 6.07 Å². The summed E-state index contributed by atoms with van der Waals surface area (Å²) in [6.45, 7) is 1.19. The molecule has 0 saturated heterocycles. The quantitative estimate of drug-likeness (QED) is 0.529. The fraction of sp³-hybridized carbons (Fsp3) is 0.227. The van der Waals surface area contributed by atoms with Crippen molar-refractivity contribution in [3.63, 3.8) is 0 Å². The first-order chi connectivity index (χ1) is 14.8. The van der Waals surface area contributed by atoms with Gasteiger partial charge in [0.2, 0.25) is 0 Å². The van der Waals surface area contributed by atoms with E-state index in [1.807, 2.05) is 0 Å². The number of methoxy groups -OCH3 is 2. The average molecular weight is 447 g/mol. The van der Waals surface area contributed by atoms with Crippen LogP contribution in [0.2, 0.25) is 0 Å². The van der Waals surface area contributed by atoms with E-state index in [1.165, 1.54) is 45.6 Å². The molecule has 1 amide bonds. The minimum absolute atomic E-state index is 0.0723. The second-order valence-electron chi connectivity index (χ2n) is 6.71. The maximum Gasteiger partial charge on any atom is 0.258 e. The van der Waals surface area contributed by atoms with Gasteiger partial charge in [0.15, 0.2) is 9.84 Å². The van der Waals surface area contributed by atoms with Gasteiger partial charge in [0.05, 0.1) is 25.4 Å². The van der Waals surface area contributed by atoms with Crippen molar-refractivity contribution in [3.8, 4) is 11.5 Å². The van der Waals surface area contributed by atoms with Gasteiger partial charge < -0.3 is 19.2 Å². The third kappa shape index (κ3) is 4.56. The van der Waals surface area contributed by atoms with Crippen molar-refractivity contribution in [2.75, 3.05) is 20.8 Å². The number of furan rings is 1. The first kappa shape index (κ1) is 22.4. The molecule has 9 heteroatoms. The predicted molar refractivity (Wildman–Crippen MR) is 112 cm³/mol. The molecule has 0 aliphatic rings. The number of carbonyl (C=O) groups excluding carboxylic acids is 1. The average Bonchev–Trinajstić information content (AvgIpc) is 3.29. The lowest BCUT2D eigenvalue weighted by atomic mass is 10.1. The molecular formula is C22H22FNO6S. The van der Waals surface area contributed by atoms with E-state index in [9.17, 15) is 17.6 Å². The van der Waals surface area contributed by atoms with Crippen LogP contribution in [0.1, 0.15) is 26.9 Å². The van der Waals surface area contributed by atoms with Gasteiger partial charge in [-0.05, 0) is 55.0 Å². The van der Waals surface area contributed by atoms with Gasteiger partial charge in [-0.3, -0.25) is 4.79 Å². The van der Waals surface area contributed by atoms with E-state index in [0.29, 0.717) is 0 Å². The van der Waals surface area contributed by atoms with E-state index < -0.39 is 26.8 Å². The van der Waals surface area contributed by atoms with Crippen LogP contribution in [0.5, 0.6) is 11.5 Å².